The van der Waals surface area contributed by atoms with Crippen LogP contribution >= 0.6 is 24.0 Å². The van der Waals surface area contributed by atoms with Gasteiger partial charge < -0.3 is 24.8 Å². The van der Waals surface area contributed by atoms with Gasteiger partial charge in [0.15, 0.2) is 5.96 Å². The van der Waals surface area contributed by atoms with Crippen LogP contribution in [0.2, 0.25) is 0 Å². The van der Waals surface area contributed by atoms with Gasteiger partial charge in [-0.05, 0) is 30.7 Å². The number of benzene rings is 1. The summed E-state index contributed by atoms with van der Waals surface area (Å²) in [7, 11) is 1.85. The highest BCUT2D eigenvalue weighted by atomic mass is 127. The molecule has 1 aromatic heterocycles. The van der Waals surface area contributed by atoms with Gasteiger partial charge in [0.05, 0.1) is 12.7 Å². The van der Waals surface area contributed by atoms with Gasteiger partial charge in [-0.25, -0.2) is 4.98 Å². The molecule has 8 heteroatoms. The quantitative estimate of drug-likeness (QED) is 0.369. The molecule has 7 nitrogen and oxygen atoms in total. The minimum absolute atomic E-state index is 0. The first-order valence-electron chi connectivity index (χ1n) is 10.8. The maximum absolute atomic E-state index is 5.62. The van der Waals surface area contributed by atoms with Crippen LogP contribution in [-0.4, -0.2) is 74.9 Å². The van der Waals surface area contributed by atoms with E-state index in [-0.39, 0.29) is 30.1 Å². The molecule has 2 aliphatic heterocycles. The highest BCUT2D eigenvalue weighted by molar-refractivity contribution is 14.0. The lowest BCUT2D eigenvalue weighted by Crippen LogP contribution is -2.52. The van der Waals surface area contributed by atoms with Gasteiger partial charge in [-0.15, -0.1) is 24.0 Å². The number of anilines is 2. The van der Waals surface area contributed by atoms with Gasteiger partial charge in [0.1, 0.15) is 5.82 Å². The second kappa shape index (κ2) is 11.5. The summed E-state index contributed by atoms with van der Waals surface area (Å²) in [5.74, 6) is 1.98. The molecule has 0 radical (unpaired) electrons. The van der Waals surface area contributed by atoms with Gasteiger partial charge in [0.25, 0.3) is 0 Å². The number of hydrogen-bond donors (Lipinski definition) is 1. The lowest BCUT2D eigenvalue weighted by atomic mass is 10.2. The van der Waals surface area contributed by atoms with Crippen molar-refractivity contribution in [2.45, 2.75) is 19.6 Å². The molecule has 0 saturated carbocycles. The number of nitrogens with one attached hydrogen (secondary N) is 1. The van der Waals surface area contributed by atoms with E-state index in [1.165, 1.54) is 5.69 Å². The van der Waals surface area contributed by atoms with Crippen LogP contribution in [0.1, 0.15) is 12.5 Å². The van der Waals surface area contributed by atoms with Crippen LogP contribution in [0.3, 0.4) is 0 Å². The predicted octanol–water partition coefficient (Wildman–Crippen LogP) is 2.82. The summed E-state index contributed by atoms with van der Waals surface area (Å²) < 4.78 is 5.62. The topological polar surface area (TPSA) is 56.2 Å². The van der Waals surface area contributed by atoms with Crippen molar-refractivity contribution < 1.29 is 4.74 Å². The molecule has 1 N–H and O–H groups in total. The molecule has 0 bridgehead atoms. The van der Waals surface area contributed by atoms with Crippen molar-refractivity contribution >= 4 is 41.4 Å². The number of para-hydroxylation sites is 1. The fourth-order valence-electron chi connectivity index (χ4n) is 4.06. The first kappa shape index (κ1) is 23.6. The fraction of sp³-hybridized carbons (Fsp3) is 0.478. The number of aliphatic imine (C=N–C) groups is 1. The molecule has 0 amide bonds. The highest BCUT2D eigenvalue weighted by Gasteiger charge is 2.20. The number of pyridine rings is 1. The standard InChI is InChI=1S/C23H32N6O.HI/c1-19-18-29(14-15-30-19)22-9-8-20(16-25-22)17-26-23(24-2)28-12-10-27(11-13-28)21-6-4-3-5-7-21;/h3-9,16,19H,10-15,17-18H2,1-2H3,(H,24,26);1H. The van der Waals surface area contributed by atoms with Gasteiger partial charge in [-0.3, -0.25) is 4.99 Å². The first-order chi connectivity index (χ1) is 14.7. The summed E-state index contributed by atoms with van der Waals surface area (Å²) in [5, 5.41) is 3.50. The van der Waals surface area contributed by atoms with Crippen LogP contribution < -0.4 is 15.1 Å². The van der Waals surface area contributed by atoms with E-state index in [1.54, 1.807) is 0 Å². The summed E-state index contributed by atoms with van der Waals surface area (Å²) in [6.07, 6.45) is 2.22. The lowest BCUT2D eigenvalue weighted by molar-refractivity contribution is 0.0529. The molecule has 2 aromatic rings. The zero-order valence-corrected chi connectivity index (χ0v) is 20.7. The second-order valence-corrected chi connectivity index (χ2v) is 7.86. The number of halogens is 1. The zero-order valence-electron chi connectivity index (χ0n) is 18.4. The van der Waals surface area contributed by atoms with E-state index in [4.69, 9.17) is 4.74 Å². The molecule has 1 atom stereocenters. The Morgan fingerprint density at radius 1 is 1.06 bits per heavy atom. The molecule has 3 heterocycles. The van der Waals surface area contributed by atoms with Crippen LogP contribution in [0.5, 0.6) is 0 Å². The Morgan fingerprint density at radius 2 is 1.84 bits per heavy atom. The van der Waals surface area contributed by atoms with Crippen LogP contribution in [0.4, 0.5) is 11.5 Å². The molecule has 1 unspecified atom stereocenters. The highest BCUT2D eigenvalue weighted by Crippen LogP contribution is 2.17. The van der Waals surface area contributed by atoms with Gasteiger partial charge in [-0.2, -0.15) is 0 Å². The third-order valence-corrected chi connectivity index (χ3v) is 5.74. The van der Waals surface area contributed by atoms with Crippen LogP contribution in [-0.2, 0) is 11.3 Å². The molecule has 0 spiro atoms. The van der Waals surface area contributed by atoms with Gasteiger partial charge in [-0.1, -0.05) is 24.3 Å². The van der Waals surface area contributed by atoms with Crippen molar-refractivity contribution in [3.63, 3.8) is 0 Å². The number of guanidine groups is 1. The second-order valence-electron chi connectivity index (χ2n) is 7.86. The Balaban J connectivity index is 0.00000272. The molecule has 1 aromatic carbocycles. The maximum atomic E-state index is 5.62. The molecule has 31 heavy (non-hydrogen) atoms. The summed E-state index contributed by atoms with van der Waals surface area (Å²) >= 11 is 0. The van der Waals surface area contributed by atoms with Crippen molar-refractivity contribution in [1.29, 1.82) is 0 Å². The number of aromatic nitrogens is 1. The van der Waals surface area contributed by atoms with E-state index in [2.05, 4.69) is 79.4 Å². The Kier molecular flexibility index (Phi) is 8.77. The van der Waals surface area contributed by atoms with Crippen LogP contribution in [0.25, 0.3) is 0 Å². The number of rotatable bonds is 4. The van der Waals surface area contributed by atoms with Crippen molar-refractivity contribution in [1.82, 2.24) is 15.2 Å². The van der Waals surface area contributed by atoms with Gasteiger partial charge >= 0.3 is 0 Å². The molecule has 2 fully saturated rings. The van der Waals surface area contributed by atoms with E-state index in [0.29, 0.717) is 0 Å². The fourth-order valence-corrected chi connectivity index (χ4v) is 4.06. The van der Waals surface area contributed by atoms with Gasteiger partial charge in [0.2, 0.25) is 0 Å². The van der Waals surface area contributed by atoms with E-state index >= 15 is 0 Å². The van der Waals surface area contributed by atoms with E-state index in [0.717, 1.165) is 69.8 Å². The van der Waals surface area contributed by atoms with Crippen LogP contribution in [0, 0.1) is 0 Å². The average molecular weight is 536 g/mol. The van der Waals surface area contributed by atoms with Gasteiger partial charge in [0, 0.05) is 64.7 Å². The Bertz CT molecular complexity index is 824. The first-order valence-corrected chi connectivity index (χ1v) is 10.8. The number of ether oxygens (including phenoxy) is 1. The third kappa shape index (κ3) is 6.22. The summed E-state index contributed by atoms with van der Waals surface area (Å²) in [6, 6.07) is 14.9. The predicted molar refractivity (Wildman–Crippen MR) is 138 cm³/mol. The Hall–Kier alpha value is -2.07. The Labute approximate surface area is 202 Å². The smallest absolute Gasteiger partial charge is 0.194 e. The monoisotopic (exact) mass is 536 g/mol. The van der Waals surface area contributed by atoms with Crippen molar-refractivity contribution in [3.05, 3.63) is 54.2 Å². The largest absolute Gasteiger partial charge is 0.375 e. The maximum Gasteiger partial charge on any atom is 0.194 e. The number of nitrogens with zero attached hydrogens (tertiary/aromatic N) is 5. The number of piperazine rings is 1. The lowest BCUT2D eigenvalue weighted by Gasteiger charge is -2.37. The van der Waals surface area contributed by atoms with Crippen molar-refractivity contribution in [2.24, 2.45) is 4.99 Å². The third-order valence-electron chi connectivity index (χ3n) is 5.74. The molecule has 2 saturated heterocycles. The summed E-state index contributed by atoms with van der Waals surface area (Å²) in [5.41, 5.74) is 2.45. The molecular formula is C23H33IN6O. The normalized spacial score (nSPS) is 19.7. The average Bonchev–Trinajstić information content (AvgIpc) is 2.81. The number of morpholine rings is 1. The van der Waals surface area contributed by atoms with Crippen LogP contribution in [0.15, 0.2) is 53.7 Å². The minimum Gasteiger partial charge on any atom is -0.375 e. The minimum atomic E-state index is 0. The van der Waals surface area contributed by atoms with E-state index in [1.807, 2.05) is 13.2 Å². The molecule has 2 aliphatic rings. The van der Waals surface area contributed by atoms with E-state index in [9.17, 15) is 0 Å². The van der Waals surface area contributed by atoms with Crippen molar-refractivity contribution in [2.75, 3.05) is 62.7 Å². The SMILES string of the molecule is CN=C(NCc1ccc(N2CCOC(C)C2)nc1)N1CCN(c2ccccc2)CC1.I. The van der Waals surface area contributed by atoms with E-state index < -0.39 is 0 Å². The molecule has 168 valence electrons. The molecule has 4 rings (SSSR count). The summed E-state index contributed by atoms with van der Waals surface area (Å²) in [4.78, 5) is 16.2. The number of hydrogen-bond acceptors (Lipinski definition) is 5. The summed E-state index contributed by atoms with van der Waals surface area (Å²) in [6.45, 7) is 9.30. The Morgan fingerprint density at radius 3 is 2.48 bits per heavy atom. The zero-order chi connectivity index (χ0) is 20.8. The molecular weight excluding hydrogens is 503 g/mol. The van der Waals surface area contributed by atoms with Crippen molar-refractivity contribution in [3.8, 4) is 0 Å². The molecule has 0 aliphatic carbocycles.